The summed E-state index contributed by atoms with van der Waals surface area (Å²) in [7, 11) is 1.53. The summed E-state index contributed by atoms with van der Waals surface area (Å²) in [6.07, 6.45) is 0.350. The molecule has 0 aromatic heterocycles. The highest BCUT2D eigenvalue weighted by atomic mass is 127. The van der Waals surface area contributed by atoms with Gasteiger partial charge in [0.1, 0.15) is 0 Å². The van der Waals surface area contributed by atoms with Crippen LogP contribution in [0.15, 0.2) is 48.5 Å². The lowest BCUT2D eigenvalue weighted by molar-refractivity contribution is -0.116. The van der Waals surface area contributed by atoms with Gasteiger partial charge in [0, 0.05) is 18.0 Å². The molecule has 4 nitrogen and oxygen atoms in total. The van der Waals surface area contributed by atoms with Crippen LogP contribution in [0.4, 0.5) is 5.69 Å². The second-order valence-electron chi connectivity index (χ2n) is 6.07. The van der Waals surface area contributed by atoms with Crippen LogP contribution >= 0.6 is 22.6 Å². The Morgan fingerprint density at radius 2 is 1.96 bits per heavy atom. The van der Waals surface area contributed by atoms with Gasteiger partial charge in [0.05, 0.1) is 10.7 Å². The molecule has 0 spiro atoms. The molecule has 3 aromatic rings. The lowest BCUT2D eigenvalue weighted by atomic mass is 9.82. The molecular formula is C20H16INO3. The second-order valence-corrected chi connectivity index (χ2v) is 7.15. The predicted molar refractivity (Wildman–Crippen MR) is 106 cm³/mol. The number of halogens is 1. The Balaban J connectivity index is 1.98. The third-order valence-electron chi connectivity index (χ3n) is 4.69. The molecule has 1 aliphatic rings. The normalized spacial score (nSPS) is 16.4. The van der Waals surface area contributed by atoms with E-state index in [1.165, 1.54) is 7.11 Å². The summed E-state index contributed by atoms with van der Waals surface area (Å²) < 4.78 is 5.91. The lowest BCUT2D eigenvalue weighted by Gasteiger charge is -2.28. The maximum atomic E-state index is 12.3. The van der Waals surface area contributed by atoms with Gasteiger partial charge in [-0.1, -0.05) is 36.4 Å². The molecule has 0 aliphatic carbocycles. The number of hydrogen-bond acceptors (Lipinski definition) is 3. The average molecular weight is 445 g/mol. The number of methoxy groups -OCH3 is 1. The summed E-state index contributed by atoms with van der Waals surface area (Å²) in [5.41, 5.74) is 2.87. The summed E-state index contributed by atoms with van der Waals surface area (Å²) in [4.78, 5) is 12.3. The smallest absolute Gasteiger partial charge is 0.225 e. The van der Waals surface area contributed by atoms with Crippen LogP contribution in [-0.2, 0) is 4.79 Å². The summed E-state index contributed by atoms with van der Waals surface area (Å²) in [5.74, 6) is 0.428. The van der Waals surface area contributed by atoms with Crippen LogP contribution in [-0.4, -0.2) is 18.1 Å². The molecule has 5 heteroatoms. The number of phenols is 1. The van der Waals surface area contributed by atoms with Crippen molar-refractivity contribution in [2.24, 2.45) is 0 Å². The Morgan fingerprint density at radius 1 is 1.16 bits per heavy atom. The van der Waals surface area contributed by atoms with E-state index >= 15 is 0 Å². The zero-order chi connectivity index (χ0) is 17.6. The molecule has 0 saturated carbocycles. The molecular weight excluding hydrogens is 429 g/mol. The predicted octanol–water partition coefficient (Wildman–Crippen LogP) is 4.63. The van der Waals surface area contributed by atoms with Gasteiger partial charge in [-0.25, -0.2) is 0 Å². The number of anilines is 1. The number of carbonyl (C=O) groups excluding carboxylic acids is 1. The number of aromatic hydroxyl groups is 1. The van der Waals surface area contributed by atoms with E-state index in [0.29, 0.717) is 12.2 Å². The molecule has 1 amide bonds. The van der Waals surface area contributed by atoms with Crippen molar-refractivity contribution in [3.05, 3.63) is 63.2 Å². The summed E-state index contributed by atoms with van der Waals surface area (Å²) >= 11 is 2.12. The van der Waals surface area contributed by atoms with Crippen molar-refractivity contribution >= 4 is 45.0 Å². The van der Waals surface area contributed by atoms with Crippen LogP contribution < -0.4 is 10.1 Å². The molecule has 1 unspecified atom stereocenters. The van der Waals surface area contributed by atoms with Gasteiger partial charge in [-0.15, -0.1) is 0 Å². The second kappa shape index (κ2) is 6.22. The van der Waals surface area contributed by atoms with E-state index in [1.54, 1.807) is 6.07 Å². The third kappa shape index (κ3) is 2.63. The van der Waals surface area contributed by atoms with Crippen LogP contribution in [0.5, 0.6) is 11.5 Å². The molecule has 1 atom stereocenters. The van der Waals surface area contributed by atoms with Crippen LogP contribution in [0.1, 0.15) is 23.5 Å². The minimum Gasteiger partial charge on any atom is -0.504 e. The standard InChI is InChI=1S/C20H16INO3/c1-25-16-9-7-13(19(21)20(16)24)14-10-17(23)22-15-8-6-11-4-2-3-5-12(11)18(14)15/h2-9,14,24H,10H2,1H3,(H,22,23). The molecule has 0 radical (unpaired) electrons. The fourth-order valence-electron chi connectivity index (χ4n) is 3.53. The number of nitrogens with one attached hydrogen (secondary N) is 1. The lowest BCUT2D eigenvalue weighted by Crippen LogP contribution is -2.24. The SMILES string of the molecule is COc1ccc(C2CC(=O)Nc3ccc4ccccc4c32)c(I)c1O. The summed E-state index contributed by atoms with van der Waals surface area (Å²) in [5, 5.41) is 15.6. The van der Waals surface area contributed by atoms with Crippen molar-refractivity contribution in [3.63, 3.8) is 0 Å². The molecule has 2 N–H and O–H groups in total. The number of rotatable bonds is 2. The molecule has 4 rings (SSSR count). The molecule has 25 heavy (non-hydrogen) atoms. The van der Waals surface area contributed by atoms with Crippen molar-refractivity contribution < 1.29 is 14.6 Å². The maximum Gasteiger partial charge on any atom is 0.225 e. The van der Waals surface area contributed by atoms with Crippen molar-refractivity contribution in [3.8, 4) is 11.5 Å². The number of benzene rings is 3. The molecule has 126 valence electrons. The first-order chi connectivity index (χ1) is 12.1. The first-order valence-electron chi connectivity index (χ1n) is 7.97. The monoisotopic (exact) mass is 445 g/mol. The topological polar surface area (TPSA) is 58.6 Å². The van der Waals surface area contributed by atoms with Crippen molar-refractivity contribution in [2.45, 2.75) is 12.3 Å². The summed E-state index contributed by atoms with van der Waals surface area (Å²) in [6, 6.07) is 15.8. The summed E-state index contributed by atoms with van der Waals surface area (Å²) in [6.45, 7) is 0. The van der Waals surface area contributed by atoms with Crippen LogP contribution in [0, 0.1) is 3.57 Å². The van der Waals surface area contributed by atoms with Gasteiger partial charge in [0.15, 0.2) is 11.5 Å². The van der Waals surface area contributed by atoms with E-state index in [2.05, 4.69) is 40.0 Å². The van der Waals surface area contributed by atoms with E-state index in [0.717, 1.165) is 31.2 Å². The zero-order valence-electron chi connectivity index (χ0n) is 13.5. The Morgan fingerprint density at radius 3 is 2.76 bits per heavy atom. The van der Waals surface area contributed by atoms with Crippen LogP contribution in [0.25, 0.3) is 10.8 Å². The van der Waals surface area contributed by atoms with Gasteiger partial charge in [-0.2, -0.15) is 0 Å². The number of ether oxygens (including phenoxy) is 1. The van der Waals surface area contributed by atoms with E-state index in [9.17, 15) is 9.90 Å². The first kappa shape index (κ1) is 16.2. The Bertz CT molecular complexity index is 1000. The van der Waals surface area contributed by atoms with Gasteiger partial charge in [-0.3, -0.25) is 4.79 Å². The molecule has 1 aliphatic heterocycles. The van der Waals surface area contributed by atoms with E-state index in [1.807, 2.05) is 30.3 Å². The average Bonchev–Trinajstić information content (AvgIpc) is 2.63. The number of hydrogen-bond donors (Lipinski definition) is 2. The molecule has 0 fully saturated rings. The fraction of sp³-hybridized carbons (Fsp3) is 0.150. The zero-order valence-corrected chi connectivity index (χ0v) is 15.7. The van der Waals surface area contributed by atoms with Gasteiger partial charge in [0.2, 0.25) is 5.91 Å². The van der Waals surface area contributed by atoms with Crippen molar-refractivity contribution in [1.29, 1.82) is 0 Å². The van der Waals surface area contributed by atoms with E-state index in [4.69, 9.17) is 4.74 Å². The number of phenolic OH excluding ortho intramolecular Hbond substituents is 1. The van der Waals surface area contributed by atoms with E-state index < -0.39 is 0 Å². The largest absolute Gasteiger partial charge is 0.504 e. The number of fused-ring (bicyclic) bond motifs is 3. The Hall–Kier alpha value is -2.28. The van der Waals surface area contributed by atoms with Crippen LogP contribution in [0.2, 0.25) is 0 Å². The van der Waals surface area contributed by atoms with Crippen LogP contribution in [0.3, 0.4) is 0 Å². The Labute approximate surface area is 159 Å². The van der Waals surface area contributed by atoms with Gasteiger partial charge in [-0.05, 0) is 56.6 Å². The van der Waals surface area contributed by atoms with Gasteiger partial charge in [0.25, 0.3) is 0 Å². The maximum absolute atomic E-state index is 12.3. The van der Waals surface area contributed by atoms with Gasteiger partial charge >= 0.3 is 0 Å². The number of carbonyl (C=O) groups is 1. The van der Waals surface area contributed by atoms with Gasteiger partial charge < -0.3 is 15.2 Å². The number of amides is 1. The fourth-order valence-corrected chi connectivity index (χ4v) is 4.35. The molecule has 1 heterocycles. The highest BCUT2D eigenvalue weighted by Crippen LogP contribution is 2.45. The quantitative estimate of drug-likeness (QED) is 0.566. The Kier molecular flexibility index (Phi) is 4.03. The highest BCUT2D eigenvalue weighted by molar-refractivity contribution is 14.1. The molecule has 0 saturated heterocycles. The molecule has 3 aromatic carbocycles. The van der Waals surface area contributed by atoms with Crippen molar-refractivity contribution in [1.82, 2.24) is 0 Å². The minimum atomic E-state index is -0.112. The van der Waals surface area contributed by atoms with Crippen molar-refractivity contribution in [2.75, 3.05) is 12.4 Å². The minimum absolute atomic E-state index is 0.0149. The highest BCUT2D eigenvalue weighted by Gasteiger charge is 2.30. The first-order valence-corrected chi connectivity index (χ1v) is 9.05. The molecule has 0 bridgehead atoms. The third-order valence-corrected chi connectivity index (χ3v) is 5.82. The van der Waals surface area contributed by atoms with E-state index in [-0.39, 0.29) is 17.6 Å².